The molecule has 1 heterocycles. The SMILES string of the molecule is NCC1CNCCC1N. The second-order valence-electron chi connectivity index (χ2n) is 2.65. The molecule has 0 aliphatic carbocycles. The molecule has 0 saturated carbocycles. The lowest BCUT2D eigenvalue weighted by atomic mass is 9.95. The monoisotopic (exact) mass is 129 g/mol. The fourth-order valence-corrected chi connectivity index (χ4v) is 1.20. The molecule has 0 aromatic rings. The van der Waals surface area contributed by atoms with E-state index in [1.54, 1.807) is 0 Å². The molecule has 0 amide bonds. The second-order valence-corrected chi connectivity index (χ2v) is 2.65. The zero-order chi connectivity index (χ0) is 6.69. The first-order valence-corrected chi connectivity index (χ1v) is 3.51. The van der Waals surface area contributed by atoms with Crippen LogP contribution in [0.25, 0.3) is 0 Å². The van der Waals surface area contributed by atoms with Crippen molar-refractivity contribution < 1.29 is 0 Å². The maximum atomic E-state index is 5.77. The van der Waals surface area contributed by atoms with Gasteiger partial charge in [0.05, 0.1) is 0 Å². The maximum Gasteiger partial charge on any atom is 0.0103 e. The first-order chi connectivity index (χ1) is 4.34. The minimum absolute atomic E-state index is 0.330. The molecule has 0 bridgehead atoms. The number of hydrogen-bond donors (Lipinski definition) is 3. The van der Waals surface area contributed by atoms with Crippen LogP contribution in [0.3, 0.4) is 0 Å². The van der Waals surface area contributed by atoms with Crippen LogP contribution in [0.2, 0.25) is 0 Å². The summed E-state index contributed by atoms with van der Waals surface area (Å²) in [6, 6.07) is 0.330. The van der Waals surface area contributed by atoms with Gasteiger partial charge in [-0.25, -0.2) is 0 Å². The molecule has 5 N–H and O–H groups in total. The summed E-state index contributed by atoms with van der Waals surface area (Å²) in [5.41, 5.74) is 11.2. The summed E-state index contributed by atoms with van der Waals surface area (Å²) in [5.74, 6) is 0.499. The highest BCUT2D eigenvalue weighted by Crippen LogP contribution is 2.05. The molecule has 1 aliphatic heterocycles. The summed E-state index contributed by atoms with van der Waals surface area (Å²) in [6.45, 7) is 2.77. The van der Waals surface area contributed by atoms with E-state index < -0.39 is 0 Å². The lowest BCUT2D eigenvalue weighted by Crippen LogP contribution is -2.47. The Morgan fingerprint density at radius 2 is 2.33 bits per heavy atom. The minimum atomic E-state index is 0.330. The van der Waals surface area contributed by atoms with Crippen molar-refractivity contribution in [3.05, 3.63) is 0 Å². The van der Waals surface area contributed by atoms with Gasteiger partial charge in [-0.2, -0.15) is 0 Å². The van der Waals surface area contributed by atoms with Crippen LogP contribution in [0, 0.1) is 5.92 Å². The molecule has 3 heteroatoms. The molecule has 0 aromatic heterocycles. The molecule has 1 aliphatic rings. The minimum Gasteiger partial charge on any atom is -0.330 e. The molecule has 0 aromatic carbocycles. The fourth-order valence-electron chi connectivity index (χ4n) is 1.20. The summed E-state index contributed by atoms with van der Waals surface area (Å²) in [5, 5.41) is 3.26. The first kappa shape index (κ1) is 6.99. The van der Waals surface area contributed by atoms with E-state index in [2.05, 4.69) is 5.32 Å². The Bertz CT molecular complexity index is 84.4. The molecule has 0 spiro atoms. The van der Waals surface area contributed by atoms with Gasteiger partial charge in [0.25, 0.3) is 0 Å². The molecule has 0 radical (unpaired) electrons. The topological polar surface area (TPSA) is 64.1 Å². The van der Waals surface area contributed by atoms with E-state index >= 15 is 0 Å². The van der Waals surface area contributed by atoms with Gasteiger partial charge in [0, 0.05) is 12.6 Å². The maximum absolute atomic E-state index is 5.77. The zero-order valence-corrected chi connectivity index (χ0v) is 5.64. The Morgan fingerprint density at radius 1 is 1.56 bits per heavy atom. The molecule has 1 rings (SSSR count). The predicted octanol–water partition coefficient (Wildman–Crippen LogP) is -1.12. The molecule has 3 nitrogen and oxygen atoms in total. The van der Waals surface area contributed by atoms with Crippen molar-refractivity contribution in [2.75, 3.05) is 19.6 Å². The third kappa shape index (κ3) is 1.64. The van der Waals surface area contributed by atoms with Gasteiger partial charge < -0.3 is 16.8 Å². The van der Waals surface area contributed by atoms with Crippen molar-refractivity contribution in [2.24, 2.45) is 17.4 Å². The molecular formula is C6H15N3. The number of rotatable bonds is 1. The Balaban J connectivity index is 2.30. The molecular weight excluding hydrogens is 114 g/mol. The zero-order valence-electron chi connectivity index (χ0n) is 5.64. The van der Waals surface area contributed by atoms with Gasteiger partial charge in [-0.1, -0.05) is 0 Å². The Hall–Kier alpha value is -0.120. The third-order valence-corrected chi connectivity index (χ3v) is 1.97. The van der Waals surface area contributed by atoms with E-state index in [4.69, 9.17) is 11.5 Å². The number of piperidine rings is 1. The van der Waals surface area contributed by atoms with Crippen molar-refractivity contribution in [1.82, 2.24) is 5.32 Å². The largest absolute Gasteiger partial charge is 0.330 e. The van der Waals surface area contributed by atoms with Gasteiger partial charge in [-0.3, -0.25) is 0 Å². The average Bonchev–Trinajstić information content (AvgIpc) is 1.89. The van der Waals surface area contributed by atoms with Crippen LogP contribution in [0.1, 0.15) is 6.42 Å². The van der Waals surface area contributed by atoms with Gasteiger partial charge in [0.1, 0.15) is 0 Å². The van der Waals surface area contributed by atoms with E-state index in [1.165, 1.54) is 0 Å². The first-order valence-electron chi connectivity index (χ1n) is 3.51. The van der Waals surface area contributed by atoms with Gasteiger partial charge in [-0.05, 0) is 25.4 Å². The molecule has 1 fully saturated rings. The summed E-state index contributed by atoms with van der Waals surface area (Å²) in [7, 11) is 0. The third-order valence-electron chi connectivity index (χ3n) is 1.97. The highest BCUT2D eigenvalue weighted by molar-refractivity contribution is 4.80. The van der Waals surface area contributed by atoms with Crippen LogP contribution >= 0.6 is 0 Å². The van der Waals surface area contributed by atoms with Gasteiger partial charge >= 0.3 is 0 Å². The van der Waals surface area contributed by atoms with Crippen LogP contribution in [0.4, 0.5) is 0 Å². The van der Waals surface area contributed by atoms with Gasteiger partial charge in [-0.15, -0.1) is 0 Å². The highest BCUT2D eigenvalue weighted by atomic mass is 14.9. The Morgan fingerprint density at radius 3 is 2.78 bits per heavy atom. The van der Waals surface area contributed by atoms with Crippen molar-refractivity contribution in [3.63, 3.8) is 0 Å². The van der Waals surface area contributed by atoms with Crippen molar-refractivity contribution >= 4 is 0 Å². The van der Waals surface area contributed by atoms with Crippen molar-refractivity contribution in [1.29, 1.82) is 0 Å². The number of nitrogens with two attached hydrogens (primary N) is 2. The number of nitrogens with one attached hydrogen (secondary N) is 1. The fraction of sp³-hybridized carbons (Fsp3) is 1.00. The predicted molar refractivity (Wildman–Crippen MR) is 38.0 cm³/mol. The van der Waals surface area contributed by atoms with Crippen LogP contribution in [-0.2, 0) is 0 Å². The molecule has 2 unspecified atom stereocenters. The Labute approximate surface area is 55.8 Å². The molecule has 1 saturated heterocycles. The quantitative estimate of drug-likeness (QED) is 0.420. The van der Waals surface area contributed by atoms with E-state index in [9.17, 15) is 0 Å². The second kappa shape index (κ2) is 3.15. The molecule has 54 valence electrons. The smallest absolute Gasteiger partial charge is 0.0103 e. The van der Waals surface area contributed by atoms with Crippen molar-refractivity contribution in [3.8, 4) is 0 Å². The van der Waals surface area contributed by atoms with E-state index in [0.29, 0.717) is 18.5 Å². The molecule has 9 heavy (non-hydrogen) atoms. The van der Waals surface area contributed by atoms with E-state index in [-0.39, 0.29) is 0 Å². The van der Waals surface area contributed by atoms with E-state index in [1.807, 2.05) is 0 Å². The average molecular weight is 129 g/mol. The summed E-state index contributed by atoms with van der Waals surface area (Å²) < 4.78 is 0. The highest BCUT2D eigenvalue weighted by Gasteiger charge is 2.18. The summed E-state index contributed by atoms with van der Waals surface area (Å²) in [4.78, 5) is 0. The van der Waals surface area contributed by atoms with Gasteiger partial charge in [0.2, 0.25) is 0 Å². The van der Waals surface area contributed by atoms with Gasteiger partial charge in [0.15, 0.2) is 0 Å². The van der Waals surface area contributed by atoms with Crippen molar-refractivity contribution in [2.45, 2.75) is 12.5 Å². The summed E-state index contributed by atoms with van der Waals surface area (Å²) >= 11 is 0. The normalized spacial score (nSPS) is 36.7. The summed E-state index contributed by atoms with van der Waals surface area (Å²) in [6.07, 6.45) is 1.07. The van der Waals surface area contributed by atoms with Crippen LogP contribution in [-0.4, -0.2) is 25.7 Å². The van der Waals surface area contributed by atoms with Crippen LogP contribution in [0.15, 0.2) is 0 Å². The van der Waals surface area contributed by atoms with E-state index in [0.717, 1.165) is 19.5 Å². The standard InChI is InChI=1S/C6H15N3/c7-3-5-4-9-2-1-6(5)8/h5-6,9H,1-4,7-8H2. The lowest BCUT2D eigenvalue weighted by Gasteiger charge is -2.27. The van der Waals surface area contributed by atoms with Crippen LogP contribution in [0.5, 0.6) is 0 Å². The molecule has 2 atom stereocenters. The lowest BCUT2D eigenvalue weighted by molar-refractivity contribution is 0.333. The number of hydrogen-bond acceptors (Lipinski definition) is 3. The van der Waals surface area contributed by atoms with Crippen LogP contribution < -0.4 is 16.8 Å². The Kier molecular flexibility index (Phi) is 2.45.